The summed E-state index contributed by atoms with van der Waals surface area (Å²) in [5.74, 6) is 2.60. The maximum absolute atomic E-state index is 6.21. The number of ether oxygens (including phenoxy) is 2. The van der Waals surface area contributed by atoms with Gasteiger partial charge in [-0.2, -0.15) is 0 Å². The predicted molar refractivity (Wildman–Crippen MR) is 80.8 cm³/mol. The van der Waals surface area contributed by atoms with E-state index in [1.807, 2.05) is 0 Å². The van der Waals surface area contributed by atoms with Crippen LogP contribution in [-0.4, -0.2) is 38.5 Å². The van der Waals surface area contributed by atoms with E-state index in [0.29, 0.717) is 6.04 Å². The van der Waals surface area contributed by atoms with E-state index in [-0.39, 0.29) is 5.60 Å². The van der Waals surface area contributed by atoms with Gasteiger partial charge in [-0.3, -0.25) is 0 Å². The molecular formula is C17H31NO2. The first-order chi connectivity index (χ1) is 9.72. The molecule has 20 heavy (non-hydrogen) atoms. The minimum absolute atomic E-state index is 0.139. The lowest BCUT2D eigenvalue weighted by atomic mass is 9.74. The van der Waals surface area contributed by atoms with Crippen LogP contribution in [-0.2, 0) is 9.47 Å². The summed E-state index contributed by atoms with van der Waals surface area (Å²) in [6, 6.07) is 0.698. The fourth-order valence-electron chi connectivity index (χ4n) is 4.90. The van der Waals surface area contributed by atoms with Crippen LogP contribution in [0.4, 0.5) is 0 Å². The quantitative estimate of drug-likeness (QED) is 0.862. The van der Waals surface area contributed by atoms with Crippen molar-refractivity contribution in [3.8, 4) is 0 Å². The molecule has 3 nitrogen and oxygen atoms in total. The average Bonchev–Trinajstić information content (AvgIpc) is 2.87. The van der Waals surface area contributed by atoms with E-state index in [1.54, 1.807) is 0 Å². The standard InChI is InChI=1S/C17H31NO2/c1-13-3-4-14(11-13)16(18-2)15-5-8-20-17(12-15)6-9-19-10-7-17/h13-16,18H,3-12H2,1-2H3. The van der Waals surface area contributed by atoms with Crippen LogP contribution in [0.3, 0.4) is 0 Å². The Kier molecular flexibility index (Phi) is 4.68. The third-order valence-corrected chi connectivity index (χ3v) is 6.02. The van der Waals surface area contributed by atoms with Gasteiger partial charge in [-0.1, -0.05) is 13.3 Å². The molecule has 2 saturated heterocycles. The van der Waals surface area contributed by atoms with Crippen molar-refractivity contribution < 1.29 is 9.47 Å². The Morgan fingerprint density at radius 1 is 1.05 bits per heavy atom. The lowest BCUT2D eigenvalue weighted by molar-refractivity contribution is -0.151. The average molecular weight is 281 g/mol. The van der Waals surface area contributed by atoms with Gasteiger partial charge < -0.3 is 14.8 Å². The van der Waals surface area contributed by atoms with Gasteiger partial charge in [0.05, 0.1) is 5.60 Å². The summed E-state index contributed by atoms with van der Waals surface area (Å²) in [5.41, 5.74) is 0.139. The van der Waals surface area contributed by atoms with E-state index in [4.69, 9.17) is 9.47 Å². The van der Waals surface area contributed by atoms with Crippen molar-refractivity contribution in [2.45, 2.75) is 63.5 Å². The zero-order valence-corrected chi connectivity index (χ0v) is 13.2. The highest BCUT2D eigenvalue weighted by Crippen LogP contribution is 2.42. The summed E-state index contributed by atoms with van der Waals surface area (Å²) in [6.45, 7) is 5.14. The molecule has 3 aliphatic rings. The fraction of sp³-hybridized carbons (Fsp3) is 1.00. The van der Waals surface area contributed by atoms with E-state index in [0.717, 1.165) is 50.4 Å². The Hall–Kier alpha value is -0.120. The summed E-state index contributed by atoms with van der Waals surface area (Å²) in [5, 5.41) is 3.67. The van der Waals surface area contributed by atoms with Gasteiger partial charge in [-0.15, -0.1) is 0 Å². The summed E-state index contributed by atoms with van der Waals surface area (Å²) < 4.78 is 11.7. The molecule has 1 spiro atoms. The Morgan fingerprint density at radius 3 is 2.50 bits per heavy atom. The number of nitrogens with one attached hydrogen (secondary N) is 1. The molecule has 2 aliphatic heterocycles. The molecule has 4 atom stereocenters. The van der Waals surface area contributed by atoms with Crippen molar-refractivity contribution in [3.63, 3.8) is 0 Å². The van der Waals surface area contributed by atoms with Gasteiger partial charge in [0.2, 0.25) is 0 Å². The van der Waals surface area contributed by atoms with Crippen LogP contribution in [0.15, 0.2) is 0 Å². The molecule has 0 amide bonds. The number of hydrogen-bond acceptors (Lipinski definition) is 3. The van der Waals surface area contributed by atoms with Crippen molar-refractivity contribution in [3.05, 3.63) is 0 Å². The molecule has 2 heterocycles. The minimum Gasteiger partial charge on any atom is -0.381 e. The molecule has 4 unspecified atom stereocenters. The van der Waals surface area contributed by atoms with Gasteiger partial charge in [-0.25, -0.2) is 0 Å². The van der Waals surface area contributed by atoms with E-state index in [1.165, 1.54) is 32.1 Å². The molecule has 0 bridgehead atoms. The third-order valence-electron chi connectivity index (χ3n) is 6.02. The number of hydrogen-bond donors (Lipinski definition) is 1. The van der Waals surface area contributed by atoms with Crippen LogP contribution < -0.4 is 5.32 Å². The SMILES string of the molecule is CNC(C1CCC(C)C1)C1CCOC2(CCOCC2)C1. The van der Waals surface area contributed by atoms with Crippen LogP contribution >= 0.6 is 0 Å². The van der Waals surface area contributed by atoms with Gasteiger partial charge in [0.15, 0.2) is 0 Å². The van der Waals surface area contributed by atoms with E-state index < -0.39 is 0 Å². The molecule has 1 aliphatic carbocycles. The maximum Gasteiger partial charge on any atom is 0.0729 e. The van der Waals surface area contributed by atoms with Crippen molar-refractivity contribution in [1.82, 2.24) is 5.32 Å². The van der Waals surface area contributed by atoms with Crippen molar-refractivity contribution in [2.75, 3.05) is 26.9 Å². The zero-order valence-electron chi connectivity index (χ0n) is 13.2. The molecule has 0 aromatic rings. The van der Waals surface area contributed by atoms with Crippen LogP contribution in [0.5, 0.6) is 0 Å². The van der Waals surface area contributed by atoms with Crippen molar-refractivity contribution >= 4 is 0 Å². The van der Waals surface area contributed by atoms with E-state index in [9.17, 15) is 0 Å². The van der Waals surface area contributed by atoms with Crippen LogP contribution in [0, 0.1) is 17.8 Å². The van der Waals surface area contributed by atoms with Crippen LogP contribution in [0.1, 0.15) is 51.9 Å². The second-order valence-electron chi connectivity index (χ2n) is 7.39. The molecule has 1 saturated carbocycles. The lowest BCUT2D eigenvalue weighted by Gasteiger charge is -2.46. The van der Waals surface area contributed by atoms with Gasteiger partial charge in [-0.05, 0) is 63.3 Å². The molecule has 3 fully saturated rings. The lowest BCUT2D eigenvalue weighted by Crippen LogP contribution is -2.50. The molecule has 0 aromatic heterocycles. The predicted octanol–water partition coefficient (Wildman–Crippen LogP) is 2.99. The molecule has 0 radical (unpaired) electrons. The van der Waals surface area contributed by atoms with E-state index in [2.05, 4.69) is 19.3 Å². The highest BCUT2D eigenvalue weighted by atomic mass is 16.5. The highest BCUT2D eigenvalue weighted by Gasteiger charge is 2.43. The van der Waals surface area contributed by atoms with Gasteiger partial charge in [0, 0.05) is 25.9 Å². The topological polar surface area (TPSA) is 30.5 Å². The smallest absolute Gasteiger partial charge is 0.0729 e. The van der Waals surface area contributed by atoms with Crippen LogP contribution in [0.2, 0.25) is 0 Å². The molecule has 1 N–H and O–H groups in total. The zero-order chi connectivity index (χ0) is 14.0. The Bertz CT molecular complexity index is 309. The Labute approximate surface area is 123 Å². The Balaban J connectivity index is 1.65. The second kappa shape index (κ2) is 6.33. The summed E-state index contributed by atoms with van der Waals surface area (Å²) in [4.78, 5) is 0. The summed E-state index contributed by atoms with van der Waals surface area (Å²) >= 11 is 0. The molecule has 3 rings (SSSR count). The van der Waals surface area contributed by atoms with Crippen molar-refractivity contribution in [2.24, 2.45) is 17.8 Å². The van der Waals surface area contributed by atoms with Gasteiger partial charge in [0.1, 0.15) is 0 Å². The molecule has 0 aromatic carbocycles. The minimum atomic E-state index is 0.139. The molecular weight excluding hydrogens is 250 g/mol. The second-order valence-corrected chi connectivity index (χ2v) is 7.39. The monoisotopic (exact) mass is 281 g/mol. The normalized spacial score (nSPS) is 39.0. The molecule has 3 heteroatoms. The Morgan fingerprint density at radius 2 is 1.85 bits per heavy atom. The third kappa shape index (κ3) is 3.05. The molecule has 116 valence electrons. The highest BCUT2D eigenvalue weighted by molar-refractivity contribution is 4.95. The largest absolute Gasteiger partial charge is 0.381 e. The summed E-state index contributed by atoms with van der Waals surface area (Å²) in [6.07, 6.45) is 8.93. The first kappa shape index (κ1) is 14.8. The maximum atomic E-state index is 6.21. The summed E-state index contributed by atoms with van der Waals surface area (Å²) in [7, 11) is 2.17. The van der Waals surface area contributed by atoms with Gasteiger partial charge in [0.25, 0.3) is 0 Å². The first-order valence-corrected chi connectivity index (χ1v) is 8.61. The van der Waals surface area contributed by atoms with Gasteiger partial charge >= 0.3 is 0 Å². The van der Waals surface area contributed by atoms with E-state index >= 15 is 0 Å². The van der Waals surface area contributed by atoms with Crippen molar-refractivity contribution in [1.29, 1.82) is 0 Å². The van der Waals surface area contributed by atoms with Crippen LogP contribution in [0.25, 0.3) is 0 Å². The number of rotatable bonds is 3. The first-order valence-electron chi connectivity index (χ1n) is 8.61. The fourth-order valence-corrected chi connectivity index (χ4v) is 4.90.